The highest BCUT2D eigenvalue weighted by molar-refractivity contribution is 5.75. The van der Waals surface area contributed by atoms with E-state index in [1.54, 1.807) is 0 Å². The molecule has 0 bridgehead atoms. The number of imidazole rings is 1. The van der Waals surface area contributed by atoms with E-state index in [1.807, 2.05) is 18.2 Å². The second kappa shape index (κ2) is 3.74. The zero-order valence-corrected chi connectivity index (χ0v) is 9.86. The first-order valence-corrected chi connectivity index (χ1v) is 6.12. The molecule has 1 aromatic heterocycles. The molecule has 3 rings (SSSR count). The molecule has 0 saturated heterocycles. The molecule has 1 aromatic carbocycles. The summed E-state index contributed by atoms with van der Waals surface area (Å²) in [5.41, 5.74) is 8.89. The molecule has 17 heavy (non-hydrogen) atoms. The van der Waals surface area contributed by atoms with Gasteiger partial charge in [0.15, 0.2) is 0 Å². The Bertz CT molecular complexity index is 594. The van der Waals surface area contributed by atoms with Crippen molar-refractivity contribution in [2.45, 2.75) is 25.8 Å². The topological polar surface area (TPSA) is 74.7 Å². The van der Waals surface area contributed by atoms with Gasteiger partial charge in [-0.2, -0.15) is 0 Å². The van der Waals surface area contributed by atoms with E-state index >= 15 is 0 Å². The van der Waals surface area contributed by atoms with Gasteiger partial charge >= 0.3 is 5.69 Å². The number of H-pyrrole nitrogens is 2. The molecule has 0 spiro atoms. The second-order valence-electron chi connectivity index (χ2n) is 5.11. The van der Waals surface area contributed by atoms with Crippen LogP contribution in [0.5, 0.6) is 0 Å². The van der Waals surface area contributed by atoms with E-state index < -0.39 is 0 Å². The van der Waals surface area contributed by atoms with Gasteiger partial charge in [0.05, 0.1) is 11.0 Å². The van der Waals surface area contributed by atoms with Crippen LogP contribution in [0.4, 0.5) is 0 Å². The van der Waals surface area contributed by atoms with Gasteiger partial charge in [0.1, 0.15) is 0 Å². The molecule has 90 valence electrons. The van der Waals surface area contributed by atoms with Crippen molar-refractivity contribution in [1.29, 1.82) is 0 Å². The quantitative estimate of drug-likeness (QED) is 0.754. The summed E-state index contributed by atoms with van der Waals surface area (Å²) in [6.45, 7) is 2.21. The average Bonchev–Trinajstić information content (AvgIpc) is 3.08. The standard InChI is InChI=1S/C13H17N3O/c1-7(8-2-3-8)12(14)9-4-5-10-11(6-9)16-13(17)15-10/h4-8,12H,2-3,14H2,1H3,(H2,15,16,17). The van der Waals surface area contributed by atoms with Crippen LogP contribution in [0.3, 0.4) is 0 Å². The van der Waals surface area contributed by atoms with Crippen molar-refractivity contribution in [3.8, 4) is 0 Å². The monoisotopic (exact) mass is 231 g/mol. The number of benzene rings is 1. The molecule has 2 atom stereocenters. The van der Waals surface area contributed by atoms with Gasteiger partial charge in [-0.3, -0.25) is 0 Å². The minimum Gasteiger partial charge on any atom is -0.324 e. The van der Waals surface area contributed by atoms with Gasteiger partial charge in [0.2, 0.25) is 0 Å². The van der Waals surface area contributed by atoms with E-state index in [0.29, 0.717) is 5.92 Å². The second-order valence-corrected chi connectivity index (χ2v) is 5.11. The van der Waals surface area contributed by atoms with Crippen LogP contribution >= 0.6 is 0 Å². The highest BCUT2D eigenvalue weighted by atomic mass is 16.1. The third-order valence-electron chi connectivity index (χ3n) is 3.86. The molecule has 2 unspecified atom stereocenters. The van der Waals surface area contributed by atoms with Crippen molar-refractivity contribution in [3.05, 3.63) is 34.2 Å². The molecule has 0 amide bonds. The maximum Gasteiger partial charge on any atom is 0.323 e. The predicted molar refractivity (Wildman–Crippen MR) is 67.7 cm³/mol. The molecule has 0 radical (unpaired) electrons. The van der Waals surface area contributed by atoms with Crippen LogP contribution in [0.25, 0.3) is 11.0 Å². The molecule has 4 heteroatoms. The summed E-state index contributed by atoms with van der Waals surface area (Å²) in [5.74, 6) is 1.30. The van der Waals surface area contributed by atoms with E-state index in [-0.39, 0.29) is 11.7 Å². The molecule has 4 N–H and O–H groups in total. The van der Waals surface area contributed by atoms with Crippen molar-refractivity contribution in [1.82, 2.24) is 9.97 Å². The molecule has 1 aliphatic carbocycles. The zero-order valence-electron chi connectivity index (χ0n) is 9.86. The lowest BCUT2D eigenvalue weighted by Crippen LogP contribution is -2.20. The van der Waals surface area contributed by atoms with Crippen LogP contribution in [0.2, 0.25) is 0 Å². The van der Waals surface area contributed by atoms with Gasteiger partial charge in [0, 0.05) is 6.04 Å². The molecule has 1 saturated carbocycles. The third kappa shape index (κ3) is 1.89. The number of aromatic nitrogens is 2. The summed E-state index contributed by atoms with van der Waals surface area (Å²) in [7, 11) is 0. The highest BCUT2D eigenvalue weighted by Gasteiger charge is 2.32. The van der Waals surface area contributed by atoms with Crippen LogP contribution in [0.15, 0.2) is 23.0 Å². The van der Waals surface area contributed by atoms with Crippen LogP contribution in [-0.4, -0.2) is 9.97 Å². The fourth-order valence-electron chi connectivity index (χ4n) is 2.48. The minimum absolute atomic E-state index is 0.0605. The van der Waals surface area contributed by atoms with E-state index in [2.05, 4.69) is 16.9 Å². The summed E-state index contributed by atoms with van der Waals surface area (Å²) in [5, 5.41) is 0. The highest BCUT2D eigenvalue weighted by Crippen LogP contribution is 2.41. The van der Waals surface area contributed by atoms with E-state index in [4.69, 9.17) is 5.73 Å². The molecule has 0 aliphatic heterocycles. The maximum atomic E-state index is 11.2. The Balaban J connectivity index is 1.96. The van der Waals surface area contributed by atoms with Crippen LogP contribution < -0.4 is 11.4 Å². The van der Waals surface area contributed by atoms with Gasteiger partial charge < -0.3 is 15.7 Å². The van der Waals surface area contributed by atoms with Crippen molar-refractivity contribution in [2.75, 3.05) is 0 Å². The maximum absolute atomic E-state index is 11.2. The lowest BCUT2D eigenvalue weighted by molar-refractivity contribution is 0.417. The van der Waals surface area contributed by atoms with Gasteiger partial charge in [-0.05, 0) is 42.4 Å². The summed E-state index contributed by atoms with van der Waals surface area (Å²) in [6.07, 6.45) is 2.61. The van der Waals surface area contributed by atoms with E-state index in [9.17, 15) is 4.79 Å². The first kappa shape index (κ1) is 10.6. The normalized spacial score (nSPS) is 19.4. The summed E-state index contributed by atoms with van der Waals surface area (Å²) in [4.78, 5) is 16.7. The lowest BCUT2D eigenvalue weighted by Gasteiger charge is -2.19. The van der Waals surface area contributed by atoms with Gasteiger partial charge in [0.25, 0.3) is 0 Å². The third-order valence-corrected chi connectivity index (χ3v) is 3.86. The fraction of sp³-hybridized carbons (Fsp3) is 0.462. The van der Waals surface area contributed by atoms with Gasteiger partial charge in [-0.25, -0.2) is 4.79 Å². The number of hydrogen-bond acceptors (Lipinski definition) is 2. The van der Waals surface area contributed by atoms with Crippen LogP contribution in [-0.2, 0) is 0 Å². The first-order valence-electron chi connectivity index (χ1n) is 6.12. The SMILES string of the molecule is CC(C1CC1)C(N)c1ccc2[nH]c(=O)[nH]c2c1. The van der Waals surface area contributed by atoms with Crippen LogP contribution in [0, 0.1) is 11.8 Å². The molecular formula is C13H17N3O. The van der Waals surface area contributed by atoms with Crippen molar-refractivity contribution in [3.63, 3.8) is 0 Å². The number of hydrogen-bond donors (Lipinski definition) is 3. The fourth-order valence-corrected chi connectivity index (χ4v) is 2.48. The largest absolute Gasteiger partial charge is 0.324 e. The Morgan fingerprint density at radius 3 is 2.71 bits per heavy atom. The van der Waals surface area contributed by atoms with E-state index in [0.717, 1.165) is 22.5 Å². The molecule has 1 aliphatic rings. The lowest BCUT2D eigenvalue weighted by atomic mass is 9.91. The van der Waals surface area contributed by atoms with Crippen molar-refractivity contribution >= 4 is 11.0 Å². The molecular weight excluding hydrogens is 214 g/mol. The van der Waals surface area contributed by atoms with Gasteiger partial charge in [-0.1, -0.05) is 13.0 Å². The first-order chi connectivity index (χ1) is 8.15. The smallest absolute Gasteiger partial charge is 0.323 e. The summed E-state index contributed by atoms with van der Waals surface area (Å²) < 4.78 is 0. The average molecular weight is 231 g/mol. The minimum atomic E-state index is -0.166. The van der Waals surface area contributed by atoms with Crippen LogP contribution in [0.1, 0.15) is 31.4 Å². The Hall–Kier alpha value is -1.55. The summed E-state index contributed by atoms with van der Waals surface area (Å²) >= 11 is 0. The number of aromatic amines is 2. The number of fused-ring (bicyclic) bond motifs is 1. The Morgan fingerprint density at radius 1 is 1.29 bits per heavy atom. The summed E-state index contributed by atoms with van der Waals surface area (Å²) in [6, 6.07) is 5.97. The molecule has 4 nitrogen and oxygen atoms in total. The Morgan fingerprint density at radius 2 is 2.00 bits per heavy atom. The molecule has 2 aromatic rings. The Kier molecular flexibility index (Phi) is 2.33. The van der Waals surface area contributed by atoms with E-state index in [1.165, 1.54) is 12.8 Å². The Labute approximate surface area is 99.2 Å². The number of rotatable bonds is 3. The number of nitrogens with one attached hydrogen (secondary N) is 2. The van der Waals surface area contributed by atoms with Gasteiger partial charge in [-0.15, -0.1) is 0 Å². The zero-order chi connectivity index (χ0) is 12.0. The number of nitrogens with two attached hydrogens (primary N) is 1. The van der Waals surface area contributed by atoms with Crippen molar-refractivity contribution < 1.29 is 0 Å². The predicted octanol–water partition coefficient (Wildman–Crippen LogP) is 1.90. The molecule has 1 fully saturated rings. The van der Waals surface area contributed by atoms with Crippen molar-refractivity contribution in [2.24, 2.45) is 17.6 Å². The molecule has 1 heterocycles.